The molecular formula is C9H8N4S. The fourth-order valence-electron chi connectivity index (χ4n) is 1.85. The number of fused-ring (bicyclic) bond motifs is 3. The normalized spacial score (nSPS) is 26.9. The molecule has 0 fully saturated rings. The number of allylic oxidation sites excluding steroid dienone is 2. The second kappa shape index (κ2) is 2.75. The van der Waals surface area contributed by atoms with Crippen LogP contribution in [-0.4, -0.2) is 21.2 Å². The van der Waals surface area contributed by atoms with Crippen LogP contribution < -0.4 is 5.32 Å². The minimum absolute atomic E-state index is 0.278. The van der Waals surface area contributed by atoms with Crippen molar-refractivity contribution in [2.45, 2.75) is 12.0 Å². The fourth-order valence-corrected chi connectivity index (χ4v) is 1.98. The van der Waals surface area contributed by atoms with E-state index in [0.717, 1.165) is 11.5 Å². The number of hydrogen-bond acceptors (Lipinski definition) is 4. The molecule has 1 aliphatic carbocycles. The SMILES string of the molecule is S=c1nc2c(n[nH]1)[C@@H]1C=CC=C[C@@H]1N2. The molecule has 70 valence electrons. The molecule has 4 nitrogen and oxygen atoms in total. The summed E-state index contributed by atoms with van der Waals surface area (Å²) in [6.45, 7) is 0. The van der Waals surface area contributed by atoms with E-state index in [-0.39, 0.29) is 12.0 Å². The molecule has 0 unspecified atom stereocenters. The van der Waals surface area contributed by atoms with Crippen LogP contribution in [0.25, 0.3) is 0 Å². The number of hydrogen-bond donors (Lipinski definition) is 2. The van der Waals surface area contributed by atoms with Crippen molar-refractivity contribution in [1.82, 2.24) is 15.2 Å². The number of H-pyrrole nitrogens is 1. The van der Waals surface area contributed by atoms with E-state index in [1.54, 1.807) is 0 Å². The Kier molecular flexibility index (Phi) is 1.55. The summed E-state index contributed by atoms with van der Waals surface area (Å²) in [5.41, 5.74) is 0.948. The maximum Gasteiger partial charge on any atom is 0.215 e. The Labute approximate surface area is 85.8 Å². The van der Waals surface area contributed by atoms with Gasteiger partial charge in [0.1, 0.15) is 5.69 Å². The Morgan fingerprint density at radius 2 is 2.14 bits per heavy atom. The van der Waals surface area contributed by atoms with Crippen LogP contribution in [0.2, 0.25) is 0 Å². The molecule has 1 aliphatic heterocycles. The highest BCUT2D eigenvalue weighted by atomic mass is 32.1. The van der Waals surface area contributed by atoms with Crippen molar-refractivity contribution in [1.29, 1.82) is 0 Å². The van der Waals surface area contributed by atoms with E-state index in [1.807, 2.05) is 12.2 Å². The van der Waals surface area contributed by atoms with E-state index in [4.69, 9.17) is 12.2 Å². The highest BCUT2D eigenvalue weighted by molar-refractivity contribution is 7.71. The molecule has 0 saturated carbocycles. The highest BCUT2D eigenvalue weighted by Crippen LogP contribution is 2.35. The zero-order valence-corrected chi connectivity index (χ0v) is 8.08. The average molecular weight is 204 g/mol. The summed E-state index contributed by atoms with van der Waals surface area (Å²) in [7, 11) is 0. The minimum atomic E-state index is 0.278. The predicted octanol–water partition coefficient (Wildman–Crippen LogP) is 1.54. The third-order valence-corrected chi connectivity index (χ3v) is 2.66. The molecule has 14 heavy (non-hydrogen) atoms. The van der Waals surface area contributed by atoms with Gasteiger partial charge in [0.15, 0.2) is 5.82 Å². The fraction of sp³-hybridized carbons (Fsp3) is 0.222. The van der Waals surface area contributed by atoms with Crippen molar-refractivity contribution in [2.24, 2.45) is 0 Å². The van der Waals surface area contributed by atoms with Crippen LogP contribution in [0.15, 0.2) is 24.3 Å². The monoisotopic (exact) mass is 204 g/mol. The molecule has 1 aromatic heterocycles. The van der Waals surface area contributed by atoms with Crippen molar-refractivity contribution in [2.75, 3.05) is 5.32 Å². The smallest absolute Gasteiger partial charge is 0.215 e. The Hall–Kier alpha value is -1.49. The lowest BCUT2D eigenvalue weighted by molar-refractivity contribution is 0.763. The molecule has 1 aromatic rings. The average Bonchev–Trinajstić information content (AvgIpc) is 2.54. The lowest BCUT2D eigenvalue weighted by atomic mass is 9.96. The van der Waals surface area contributed by atoms with Crippen molar-refractivity contribution >= 4 is 18.0 Å². The summed E-state index contributed by atoms with van der Waals surface area (Å²) < 4.78 is 0.419. The molecule has 2 heterocycles. The van der Waals surface area contributed by atoms with E-state index < -0.39 is 0 Å². The van der Waals surface area contributed by atoms with Gasteiger partial charge in [-0.05, 0) is 12.2 Å². The first kappa shape index (κ1) is 7.87. The van der Waals surface area contributed by atoms with Gasteiger partial charge in [0.25, 0.3) is 0 Å². The highest BCUT2D eigenvalue weighted by Gasteiger charge is 2.32. The molecule has 2 atom stereocenters. The van der Waals surface area contributed by atoms with Crippen molar-refractivity contribution < 1.29 is 0 Å². The first-order valence-electron chi connectivity index (χ1n) is 4.43. The van der Waals surface area contributed by atoms with Crippen LogP contribution in [0.1, 0.15) is 11.6 Å². The Bertz CT molecular complexity index is 488. The molecule has 2 N–H and O–H groups in total. The molecular weight excluding hydrogens is 196 g/mol. The molecule has 0 spiro atoms. The first-order chi connectivity index (χ1) is 6.84. The number of nitrogens with zero attached hydrogens (tertiary/aromatic N) is 2. The summed E-state index contributed by atoms with van der Waals surface area (Å²) in [5, 5.41) is 10.2. The summed E-state index contributed by atoms with van der Waals surface area (Å²) in [5.74, 6) is 1.09. The molecule has 0 radical (unpaired) electrons. The van der Waals surface area contributed by atoms with Crippen LogP contribution in [0.4, 0.5) is 5.82 Å². The summed E-state index contributed by atoms with van der Waals surface area (Å²) in [6.07, 6.45) is 8.28. The molecule has 5 heteroatoms. The Morgan fingerprint density at radius 3 is 3.07 bits per heavy atom. The van der Waals surface area contributed by atoms with E-state index in [0.29, 0.717) is 4.77 Å². The summed E-state index contributed by atoms with van der Waals surface area (Å²) in [6, 6.07) is 0.278. The van der Waals surface area contributed by atoms with Crippen LogP contribution in [0, 0.1) is 4.77 Å². The Morgan fingerprint density at radius 1 is 1.29 bits per heavy atom. The van der Waals surface area contributed by atoms with Crippen molar-refractivity contribution in [3.05, 3.63) is 34.8 Å². The van der Waals surface area contributed by atoms with Gasteiger partial charge in [-0.25, -0.2) is 0 Å². The largest absolute Gasteiger partial charge is 0.361 e. The lowest BCUT2D eigenvalue weighted by Gasteiger charge is -2.13. The molecule has 2 aliphatic rings. The topological polar surface area (TPSA) is 53.6 Å². The minimum Gasteiger partial charge on any atom is -0.361 e. The maximum atomic E-state index is 4.91. The van der Waals surface area contributed by atoms with Gasteiger partial charge in [0.2, 0.25) is 4.77 Å². The second-order valence-electron chi connectivity index (χ2n) is 3.34. The zero-order valence-electron chi connectivity index (χ0n) is 7.27. The Balaban J connectivity index is 2.15. The zero-order chi connectivity index (χ0) is 9.54. The van der Waals surface area contributed by atoms with Gasteiger partial charge in [-0.3, -0.25) is 5.10 Å². The van der Waals surface area contributed by atoms with Crippen LogP contribution in [0.5, 0.6) is 0 Å². The third kappa shape index (κ3) is 1.02. The predicted molar refractivity (Wildman–Crippen MR) is 55.6 cm³/mol. The van der Waals surface area contributed by atoms with Crippen molar-refractivity contribution in [3.8, 4) is 0 Å². The third-order valence-electron chi connectivity index (χ3n) is 2.48. The van der Waals surface area contributed by atoms with E-state index in [9.17, 15) is 0 Å². The van der Waals surface area contributed by atoms with Gasteiger partial charge < -0.3 is 5.32 Å². The first-order valence-corrected chi connectivity index (χ1v) is 4.83. The number of rotatable bonds is 0. The molecule has 0 aromatic carbocycles. The number of nitrogens with one attached hydrogen (secondary N) is 2. The number of anilines is 1. The standard InChI is InChI=1S/C9H8N4S/c14-9-11-8-7(12-13-9)5-3-1-2-4-6(5)10-8/h1-6H,(H2,10,11,13,14)/t5-,6+/m1/s1. The molecule has 0 saturated heterocycles. The van der Waals surface area contributed by atoms with Gasteiger partial charge in [-0.2, -0.15) is 10.1 Å². The van der Waals surface area contributed by atoms with Gasteiger partial charge in [-0.15, -0.1) is 0 Å². The summed E-state index contributed by atoms with van der Waals surface area (Å²) in [4.78, 5) is 4.20. The number of aromatic nitrogens is 3. The van der Waals surface area contributed by atoms with Crippen LogP contribution in [0.3, 0.4) is 0 Å². The van der Waals surface area contributed by atoms with Crippen molar-refractivity contribution in [3.63, 3.8) is 0 Å². The van der Waals surface area contributed by atoms with E-state index in [1.165, 1.54) is 0 Å². The van der Waals surface area contributed by atoms with Gasteiger partial charge >= 0.3 is 0 Å². The van der Waals surface area contributed by atoms with E-state index in [2.05, 4.69) is 32.7 Å². The van der Waals surface area contributed by atoms with Gasteiger partial charge in [-0.1, -0.05) is 24.3 Å². The van der Waals surface area contributed by atoms with E-state index >= 15 is 0 Å². The maximum absolute atomic E-state index is 4.91. The van der Waals surface area contributed by atoms with Gasteiger partial charge in [0.05, 0.1) is 6.04 Å². The van der Waals surface area contributed by atoms with Crippen LogP contribution in [-0.2, 0) is 0 Å². The molecule has 0 amide bonds. The second-order valence-corrected chi connectivity index (χ2v) is 3.73. The lowest BCUT2D eigenvalue weighted by Crippen LogP contribution is -2.17. The number of aromatic amines is 1. The van der Waals surface area contributed by atoms with Crippen LogP contribution >= 0.6 is 12.2 Å². The van der Waals surface area contributed by atoms with Gasteiger partial charge in [0, 0.05) is 5.92 Å². The summed E-state index contributed by atoms with van der Waals surface area (Å²) >= 11 is 4.91. The molecule has 0 bridgehead atoms. The molecule has 3 rings (SSSR count). The quantitative estimate of drug-likeness (QED) is 0.629.